The topological polar surface area (TPSA) is 93.9 Å². The molecule has 0 aromatic carbocycles. The van der Waals surface area contributed by atoms with Crippen LogP contribution in [0.15, 0.2) is 29.6 Å². The molecule has 2 aromatic rings. The molecular weight excluding hydrogens is 270 g/mol. The molecule has 0 atom stereocenters. The minimum Gasteiger partial charge on any atom is -0.397 e. The summed E-state index contributed by atoms with van der Waals surface area (Å²) in [5.41, 5.74) is 1.36. The molecule has 0 radical (unpaired) electrons. The van der Waals surface area contributed by atoms with Gasteiger partial charge in [-0.3, -0.25) is 15.1 Å². The summed E-state index contributed by atoms with van der Waals surface area (Å²) in [6.07, 6.45) is 1.67. The van der Waals surface area contributed by atoms with Crippen LogP contribution in [-0.2, 0) is 4.84 Å². The predicted molar refractivity (Wildman–Crippen MR) is 73.6 cm³/mol. The molecule has 7 nitrogen and oxygen atoms in total. The largest absolute Gasteiger partial charge is 0.397 e. The molecule has 3 rings (SSSR count). The van der Waals surface area contributed by atoms with E-state index in [-0.39, 0.29) is 28.4 Å². The van der Waals surface area contributed by atoms with Gasteiger partial charge in [-0.15, -0.1) is 0 Å². The molecule has 0 aliphatic carbocycles. The van der Waals surface area contributed by atoms with Crippen molar-refractivity contribution < 1.29 is 9.63 Å². The number of amidine groups is 1. The van der Waals surface area contributed by atoms with Gasteiger partial charge in [0, 0.05) is 13.2 Å². The maximum Gasteiger partial charge on any atom is 0.261 e. The summed E-state index contributed by atoms with van der Waals surface area (Å²) < 4.78 is 1.55. The number of amides is 1. The number of fused-ring (bicyclic) bond motifs is 2. The molecule has 0 saturated carbocycles. The van der Waals surface area contributed by atoms with Gasteiger partial charge in [-0.05, 0) is 12.1 Å². The van der Waals surface area contributed by atoms with Crippen LogP contribution in [0.3, 0.4) is 0 Å². The zero-order valence-corrected chi connectivity index (χ0v) is 11.4. The molecule has 2 aromatic heterocycles. The monoisotopic (exact) mass is 281 g/mol. The first-order valence-corrected chi connectivity index (χ1v) is 6.13. The molecule has 0 spiro atoms. The maximum atomic E-state index is 12.4. The molecular formula is C14H11N5O2. The van der Waals surface area contributed by atoms with Crippen molar-refractivity contribution >= 4 is 17.3 Å². The van der Waals surface area contributed by atoms with Crippen molar-refractivity contribution in [3.8, 4) is 6.07 Å². The first kappa shape index (κ1) is 12.9. The van der Waals surface area contributed by atoms with E-state index >= 15 is 0 Å². The van der Waals surface area contributed by atoms with Gasteiger partial charge < -0.3 is 9.24 Å². The number of rotatable bonds is 1. The Morgan fingerprint density at radius 3 is 2.81 bits per heavy atom. The summed E-state index contributed by atoms with van der Waals surface area (Å²) >= 11 is 0. The second kappa shape index (κ2) is 4.45. The zero-order valence-electron chi connectivity index (χ0n) is 11.4. The lowest BCUT2D eigenvalue weighted by Crippen LogP contribution is -2.28. The number of oxime groups is 1. The second-order valence-corrected chi connectivity index (χ2v) is 4.50. The molecule has 21 heavy (non-hydrogen) atoms. The van der Waals surface area contributed by atoms with Crippen LogP contribution < -0.4 is 5.49 Å². The highest BCUT2D eigenvalue weighted by Crippen LogP contribution is 2.25. The predicted octanol–water partition coefficient (Wildman–Crippen LogP) is 0.684. The first-order chi connectivity index (χ1) is 10.1. The number of nitrogens with one attached hydrogen (secondary N) is 1. The van der Waals surface area contributed by atoms with Crippen LogP contribution in [0.1, 0.15) is 21.5 Å². The van der Waals surface area contributed by atoms with Gasteiger partial charge in [0.1, 0.15) is 18.7 Å². The fourth-order valence-corrected chi connectivity index (χ4v) is 2.50. The summed E-state index contributed by atoms with van der Waals surface area (Å²) in [7, 11) is 2.91. The Labute approximate surface area is 119 Å². The average molecular weight is 281 g/mol. The third-order valence-electron chi connectivity index (χ3n) is 3.44. The Morgan fingerprint density at radius 2 is 2.14 bits per heavy atom. The normalized spacial score (nSPS) is 15.4. The minimum absolute atomic E-state index is 0.0908. The van der Waals surface area contributed by atoms with Crippen LogP contribution in [-0.4, -0.2) is 35.2 Å². The number of nitrogens with zero attached hydrogens (tertiary/aromatic N) is 4. The molecule has 1 aliphatic heterocycles. The number of aromatic nitrogens is 1. The van der Waals surface area contributed by atoms with Crippen LogP contribution in [0.5, 0.6) is 0 Å². The zero-order chi connectivity index (χ0) is 15.1. The molecule has 0 bridgehead atoms. The maximum absolute atomic E-state index is 12.4. The van der Waals surface area contributed by atoms with E-state index in [0.29, 0.717) is 11.1 Å². The SMILES string of the molecule is CO/N=C1/c2c(c(C#N)c3ccccn3c2=N)C(=O)N1C. The van der Waals surface area contributed by atoms with E-state index in [4.69, 9.17) is 10.2 Å². The summed E-state index contributed by atoms with van der Waals surface area (Å²) in [5, 5.41) is 21.6. The van der Waals surface area contributed by atoms with E-state index in [1.807, 2.05) is 0 Å². The van der Waals surface area contributed by atoms with E-state index < -0.39 is 0 Å². The standard InChI is InChI=1S/C14H11N5O2/c1-18-13(17-21-2)11-10(14(18)20)8(7-15)9-5-3-4-6-19(9)12(11)16/h3-6,16H,1-2H3/b16-12?,17-13-. The van der Waals surface area contributed by atoms with Gasteiger partial charge in [0.25, 0.3) is 5.91 Å². The van der Waals surface area contributed by atoms with E-state index in [0.717, 1.165) is 0 Å². The Bertz CT molecular complexity index is 904. The van der Waals surface area contributed by atoms with Gasteiger partial charge >= 0.3 is 0 Å². The molecule has 0 fully saturated rings. The lowest BCUT2D eigenvalue weighted by molar-refractivity contribution is 0.0877. The van der Waals surface area contributed by atoms with Gasteiger partial charge in [-0.25, -0.2) is 0 Å². The van der Waals surface area contributed by atoms with Crippen molar-refractivity contribution in [3.05, 3.63) is 46.6 Å². The summed E-state index contributed by atoms with van der Waals surface area (Å²) in [6.45, 7) is 0. The average Bonchev–Trinajstić information content (AvgIpc) is 2.74. The minimum atomic E-state index is -0.364. The van der Waals surface area contributed by atoms with Crippen molar-refractivity contribution in [1.82, 2.24) is 9.30 Å². The molecule has 0 saturated heterocycles. The summed E-state index contributed by atoms with van der Waals surface area (Å²) in [5.74, 6) is -0.130. The van der Waals surface area contributed by atoms with E-state index in [2.05, 4.69) is 11.2 Å². The Hall–Kier alpha value is -3.14. The van der Waals surface area contributed by atoms with Gasteiger partial charge in [0.05, 0.1) is 22.2 Å². The Balaban J connectivity index is 2.57. The second-order valence-electron chi connectivity index (χ2n) is 4.50. The van der Waals surface area contributed by atoms with E-state index in [1.165, 1.54) is 19.1 Å². The number of carbonyl (C=O) groups excluding carboxylic acids is 1. The third kappa shape index (κ3) is 1.56. The van der Waals surface area contributed by atoms with Crippen LogP contribution in [0.25, 0.3) is 5.52 Å². The first-order valence-electron chi connectivity index (χ1n) is 6.13. The smallest absolute Gasteiger partial charge is 0.261 e. The lowest BCUT2D eigenvalue weighted by Gasteiger charge is -2.08. The van der Waals surface area contributed by atoms with Crippen molar-refractivity contribution in [1.29, 1.82) is 10.7 Å². The van der Waals surface area contributed by atoms with E-state index in [9.17, 15) is 10.1 Å². The van der Waals surface area contributed by atoms with Crippen molar-refractivity contribution in [2.75, 3.05) is 14.2 Å². The van der Waals surface area contributed by atoms with Gasteiger partial charge in [0.15, 0.2) is 5.84 Å². The van der Waals surface area contributed by atoms with Gasteiger partial charge in [0.2, 0.25) is 0 Å². The molecule has 104 valence electrons. The van der Waals surface area contributed by atoms with Crippen LogP contribution in [0.4, 0.5) is 0 Å². The van der Waals surface area contributed by atoms with Gasteiger partial charge in [-0.1, -0.05) is 11.2 Å². The van der Waals surface area contributed by atoms with Crippen LogP contribution >= 0.6 is 0 Å². The lowest BCUT2D eigenvalue weighted by atomic mass is 10.0. The molecule has 7 heteroatoms. The fraction of sp³-hybridized carbons (Fsp3) is 0.143. The molecule has 1 aliphatic rings. The molecule has 3 heterocycles. The number of pyridine rings is 2. The van der Waals surface area contributed by atoms with E-state index in [1.54, 1.807) is 28.8 Å². The summed E-state index contributed by atoms with van der Waals surface area (Å²) in [4.78, 5) is 18.4. The van der Waals surface area contributed by atoms with Gasteiger partial charge in [-0.2, -0.15) is 5.26 Å². The third-order valence-corrected chi connectivity index (χ3v) is 3.44. The number of nitriles is 1. The molecule has 0 unspecified atom stereocenters. The van der Waals surface area contributed by atoms with Crippen molar-refractivity contribution in [3.63, 3.8) is 0 Å². The van der Waals surface area contributed by atoms with Crippen LogP contribution in [0.2, 0.25) is 0 Å². The molecule has 1 N–H and O–H groups in total. The summed E-state index contributed by atoms with van der Waals surface area (Å²) in [6, 6.07) is 7.28. The highest BCUT2D eigenvalue weighted by atomic mass is 16.6. The quantitative estimate of drug-likeness (QED) is 0.779. The van der Waals surface area contributed by atoms with Crippen molar-refractivity contribution in [2.45, 2.75) is 0 Å². The Kier molecular flexibility index (Phi) is 2.73. The number of hydrogen-bond acceptors (Lipinski definition) is 5. The van der Waals surface area contributed by atoms with Crippen LogP contribution in [0, 0.1) is 16.7 Å². The number of carbonyl (C=O) groups is 1. The van der Waals surface area contributed by atoms with Crippen molar-refractivity contribution in [2.24, 2.45) is 5.16 Å². The molecule has 1 amide bonds. The number of hydrogen-bond donors (Lipinski definition) is 1. The Morgan fingerprint density at radius 1 is 1.38 bits per heavy atom. The fourth-order valence-electron chi connectivity index (χ4n) is 2.50. The highest BCUT2D eigenvalue weighted by Gasteiger charge is 2.37. The highest BCUT2D eigenvalue weighted by molar-refractivity contribution is 6.24.